The summed E-state index contributed by atoms with van der Waals surface area (Å²) in [7, 11) is 0. The van der Waals surface area contributed by atoms with Crippen molar-refractivity contribution in [2.75, 3.05) is 12.4 Å². The van der Waals surface area contributed by atoms with Crippen LogP contribution in [0.15, 0.2) is 59.5 Å². The second kappa shape index (κ2) is 9.52. The molecule has 2 aromatic rings. The summed E-state index contributed by atoms with van der Waals surface area (Å²) in [5, 5.41) is 3.14. The SMILES string of the molecule is O=C(NC1CCCCC1)c1ccc(OCCSc2ccccc2)cc1. The first-order valence-corrected chi connectivity index (χ1v) is 10.0. The third-order valence-corrected chi connectivity index (χ3v) is 5.40. The summed E-state index contributed by atoms with van der Waals surface area (Å²) in [6, 6.07) is 18.1. The van der Waals surface area contributed by atoms with Gasteiger partial charge in [0.05, 0.1) is 6.61 Å². The molecule has 0 unspecified atom stereocenters. The van der Waals surface area contributed by atoms with Crippen molar-refractivity contribution in [3.63, 3.8) is 0 Å². The molecule has 0 bridgehead atoms. The molecule has 4 heteroatoms. The Morgan fingerprint density at radius 3 is 2.44 bits per heavy atom. The van der Waals surface area contributed by atoms with Crippen molar-refractivity contribution in [2.24, 2.45) is 0 Å². The molecule has 1 aliphatic rings. The highest BCUT2D eigenvalue weighted by atomic mass is 32.2. The van der Waals surface area contributed by atoms with Gasteiger partial charge >= 0.3 is 0 Å². The Labute approximate surface area is 154 Å². The predicted molar refractivity (Wildman–Crippen MR) is 103 cm³/mol. The van der Waals surface area contributed by atoms with E-state index in [1.807, 2.05) is 42.5 Å². The topological polar surface area (TPSA) is 38.3 Å². The monoisotopic (exact) mass is 355 g/mol. The summed E-state index contributed by atoms with van der Waals surface area (Å²) in [6.45, 7) is 0.646. The molecule has 0 heterocycles. The molecule has 1 fully saturated rings. The standard InChI is InChI=1S/C21H25NO2S/c23-21(22-18-7-3-1-4-8-18)17-11-13-19(14-12-17)24-15-16-25-20-9-5-2-6-10-20/h2,5-6,9-14,18H,1,3-4,7-8,15-16H2,(H,22,23). The fraction of sp³-hybridized carbons (Fsp3) is 0.381. The average Bonchev–Trinajstić information content (AvgIpc) is 2.67. The molecule has 0 saturated heterocycles. The first-order chi connectivity index (χ1) is 12.3. The van der Waals surface area contributed by atoms with Gasteiger partial charge in [0.25, 0.3) is 5.91 Å². The smallest absolute Gasteiger partial charge is 0.251 e. The lowest BCUT2D eigenvalue weighted by atomic mass is 9.95. The molecule has 1 saturated carbocycles. The van der Waals surface area contributed by atoms with E-state index in [2.05, 4.69) is 17.4 Å². The predicted octanol–water partition coefficient (Wildman–Crippen LogP) is 4.92. The van der Waals surface area contributed by atoms with Crippen molar-refractivity contribution in [2.45, 2.75) is 43.0 Å². The minimum Gasteiger partial charge on any atom is -0.493 e. The van der Waals surface area contributed by atoms with Crippen LogP contribution in [0.3, 0.4) is 0 Å². The van der Waals surface area contributed by atoms with Gasteiger partial charge in [0.2, 0.25) is 0 Å². The number of amides is 1. The van der Waals surface area contributed by atoms with E-state index in [1.165, 1.54) is 24.2 Å². The molecule has 0 spiro atoms. The molecule has 1 aliphatic carbocycles. The molecule has 0 aliphatic heterocycles. The van der Waals surface area contributed by atoms with Gasteiger partial charge in [-0.2, -0.15) is 0 Å². The third kappa shape index (κ3) is 5.82. The number of carbonyl (C=O) groups is 1. The molecule has 1 amide bonds. The van der Waals surface area contributed by atoms with Crippen LogP contribution in [0.5, 0.6) is 5.75 Å². The molecule has 2 aromatic carbocycles. The zero-order chi connectivity index (χ0) is 17.3. The van der Waals surface area contributed by atoms with E-state index in [0.717, 1.165) is 24.3 Å². The van der Waals surface area contributed by atoms with E-state index in [1.54, 1.807) is 11.8 Å². The first kappa shape index (κ1) is 17.9. The Morgan fingerprint density at radius 1 is 1.00 bits per heavy atom. The summed E-state index contributed by atoms with van der Waals surface area (Å²) < 4.78 is 5.76. The van der Waals surface area contributed by atoms with Gasteiger partial charge in [-0.25, -0.2) is 0 Å². The minimum absolute atomic E-state index is 0.0260. The van der Waals surface area contributed by atoms with Crippen LogP contribution in [0.1, 0.15) is 42.5 Å². The second-order valence-electron chi connectivity index (χ2n) is 6.34. The highest BCUT2D eigenvalue weighted by Gasteiger charge is 2.16. The van der Waals surface area contributed by atoms with Crippen molar-refractivity contribution >= 4 is 17.7 Å². The lowest BCUT2D eigenvalue weighted by molar-refractivity contribution is 0.0927. The van der Waals surface area contributed by atoms with Gasteiger partial charge in [-0.05, 0) is 49.2 Å². The number of rotatable bonds is 7. The van der Waals surface area contributed by atoms with Gasteiger partial charge in [-0.15, -0.1) is 11.8 Å². The van der Waals surface area contributed by atoms with Crippen molar-refractivity contribution in [1.29, 1.82) is 0 Å². The van der Waals surface area contributed by atoms with Crippen LogP contribution < -0.4 is 10.1 Å². The van der Waals surface area contributed by atoms with Crippen LogP contribution in [0.25, 0.3) is 0 Å². The maximum Gasteiger partial charge on any atom is 0.251 e. The third-order valence-electron chi connectivity index (χ3n) is 4.42. The maximum absolute atomic E-state index is 12.3. The van der Waals surface area contributed by atoms with E-state index in [-0.39, 0.29) is 5.91 Å². The summed E-state index contributed by atoms with van der Waals surface area (Å²) >= 11 is 1.78. The fourth-order valence-electron chi connectivity index (χ4n) is 3.05. The molecule has 1 N–H and O–H groups in total. The van der Waals surface area contributed by atoms with Crippen LogP contribution in [0.4, 0.5) is 0 Å². The normalized spacial score (nSPS) is 14.9. The zero-order valence-corrected chi connectivity index (χ0v) is 15.3. The zero-order valence-electron chi connectivity index (χ0n) is 14.4. The van der Waals surface area contributed by atoms with Crippen molar-refractivity contribution in [3.05, 3.63) is 60.2 Å². The number of hydrogen-bond donors (Lipinski definition) is 1. The molecule has 25 heavy (non-hydrogen) atoms. The van der Waals surface area contributed by atoms with Gasteiger partial charge in [0.1, 0.15) is 5.75 Å². The van der Waals surface area contributed by atoms with Gasteiger partial charge in [-0.3, -0.25) is 4.79 Å². The minimum atomic E-state index is 0.0260. The molecule has 132 valence electrons. The Bertz CT molecular complexity index is 651. The van der Waals surface area contributed by atoms with Crippen LogP contribution in [-0.4, -0.2) is 24.3 Å². The largest absolute Gasteiger partial charge is 0.493 e. The van der Waals surface area contributed by atoms with Crippen molar-refractivity contribution < 1.29 is 9.53 Å². The maximum atomic E-state index is 12.3. The molecular weight excluding hydrogens is 330 g/mol. The van der Waals surface area contributed by atoms with Gasteiger partial charge in [-0.1, -0.05) is 37.5 Å². The highest BCUT2D eigenvalue weighted by Crippen LogP contribution is 2.19. The van der Waals surface area contributed by atoms with E-state index >= 15 is 0 Å². The van der Waals surface area contributed by atoms with Gasteiger partial charge in [0.15, 0.2) is 0 Å². The van der Waals surface area contributed by atoms with E-state index in [0.29, 0.717) is 18.2 Å². The summed E-state index contributed by atoms with van der Waals surface area (Å²) in [4.78, 5) is 13.5. The second-order valence-corrected chi connectivity index (χ2v) is 7.51. The molecule has 3 rings (SSSR count). The molecule has 0 radical (unpaired) electrons. The molecule has 3 nitrogen and oxygen atoms in total. The summed E-state index contributed by atoms with van der Waals surface area (Å²) in [5.74, 6) is 1.73. The molecular formula is C21H25NO2S. The Balaban J connectivity index is 1.41. The van der Waals surface area contributed by atoms with Gasteiger partial charge < -0.3 is 10.1 Å². The highest BCUT2D eigenvalue weighted by molar-refractivity contribution is 7.99. The number of ether oxygens (including phenoxy) is 1. The van der Waals surface area contributed by atoms with Crippen LogP contribution >= 0.6 is 11.8 Å². The van der Waals surface area contributed by atoms with Crippen LogP contribution in [0.2, 0.25) is 0 Å². The number of nitrogens with one attached hydrogen (secondary N) is 1. The number of hydrogen-bond acceptors (Lipinski definition) is 3. The molecule has 0 aromatic heterocycles. The number of carbonyl (C=O) groups excluding carboxylic acids is 1. The first-order valence-electron chi connectivity index (χ1n) is 9.03. The van der Waals surface area contributed by atoms with E-state index in [4.69, 9.17) is 4.74 Å². The number of benzene rings is 2. The lowest BCUT2D eigenvalue weighted by Gasteiger charge is -2.22. The quantitative estimate of drug-likeness (QED) is 0.566. The summed E-state index contributed by atoms with van der Waals surface area (Å²) in [6.07, 6.45) is 5.94. The Morgan fingerprint density at radius 2 is 1.72 bits per heavy atom. The Kier molecular flexibility index (Phi) is 6.80. The van der Waals surface area contributed by atoms with Crippen molar-refractivity contribution in [1.82, 2.24) is 5.32 Å². The van der Waals surface area contributed by atoms with Gasteiger partial charge in [0, 0.05) is 22.3 Å². The lowest BCUT2D eigenvalue weighted by Crippen LogP contribution is -2.36. The van der Waals surface area contributed by atoms with Crippen LogP contribution in [0, 0.1) is 0 Å². The van der Waals surface area contributed by atoms with E-state index in [9.17, 15) is 4.79 Å². The van der Waals surface area contributed by atoms with Crippen LogP contribution in [-0.2, 0) is 0 Å². The molecule has 0 atom stereocenters. The van der Waals surface area contributed by atoms with E-state index < -0.39 is 0 Å². The summed E-state index contributed by atoms with van der Waals surface area (Å²) in [5.41, 5.74) is 0.705. The van der Waals surface area contributed by atoms with Crippen molar-refractivity contribution in [3.8, 4) is 5.75 Å². The average molecular weight is 356 g/mol. The Hall–Kier alpha value is -1.94. The number of thioether (sulfide) groups is 1. The fourth-order valence-corrected chi connectivity index (χ4v) is 3.81.